The molecule has 0 saturated carbocycles. The Hall–Kier alpha value is -2.58. The van der Waals surface area contributed by atoms with Crippen LogP contribution in [-0.2, 0) is 9.59 Å². The van der Waals surface area contributed by atoms with Crippen LogP contribution >= 0.6 is 11.3 Å². The van der Waals surface area contributed by atoms with Crippen LogP contribution in [0.4, 0.5) is 5.69 Å². The molecule has 24 heavy (non-hydrogen) atoms. The Morgan fingerprint density at radius 3 is 2.79 bits per heavy atom. The summed E-state index contributed by atoms with van der Waals surface area (Å²) in [4.78, 5) is 24.5. The minimum absolute atomic E-state index is 0.0330. The largest absolute Gasteiger partial charge is 0.454 e. The summed E-state index contributed by atoms with van der Waals surface area (Å²) in [5.41, 5.74) is 1.38. The van der Waals surface area contributed by atoms with Crippen molar-refractivity contribution >= 4 is 28.8 Å². The van der Waals surface area contributed by atoms with E-state index in [0.717, 1.165) is 10.4 Å². The van der Waals surface area contributed by atoms with Gasteiger partial charge in [0, 0.05) is 23.2 Å². The van der Waals surface area contributed by atoms with Gasteiger partial charge < -0.3 is 25.2 Å². The molecule has 126 valence electrons. The van der Waals surface area contributed by atoms with Crippen molar-refractivity contribution in [1.29, 1.82) is 0 Å². The first kappa shape index (κ1) is 16.3. The van der Waals surface area contributed by atoms with Crippen LogP contribution in [0.25, 0.3) is 0 Å². The highest BCUT2D eigenvalue weighted by molar-refractivity contribution is 7.10. The second-order valence-electron chi connectivity index (χ2n) is 5.22. The molecule has 0 aliphatic carbocycles. The lowest BCUT2D eigenvalue weighted by atomic mass is 10.2. The molecule has 7 nitrogen and oxygen atoms in total. The number of aliphatic hydroxyl groups is 1. The van der Waals surface area contributed by atoms with Crippen molar-refractivity contribution in [3.05, 3.63) is 40.1 Å². The van der Waals surface area contributed by atoms with Crippen molar-refractivity contribution in [2.45, 2.75) is 13.0 Å². The maximum atomic E-state index is 11.9. The number of amides is 2. The highest BCUT2D eigenvalue weighted by Crippen LogP contribution is 2.34. The van der Waals surface area contributed by atoms with Crippen molar-refractivity contribution in [3.63, 3.8) is 0 Å². The molecule has 1 aromatic carbocycles. The van der Waals surface area contributed by atoms with Crippen LogP contribution in [-0.4, -0.2) is 30.3 Å². The highest BCUT2D eigenvalue weighted by atomic mass is 32.1. The van der Waals surface area contributed by atoms with E-state index in [4.69, 9.17) is 9.47 Å². The van der Waals surface area contributed by atoms with E-state index in [2.05, 4.69) is 10.6 Å². The fraction of sp³-hybridized carbons (Fsp3) is 0.250. The second-order valence-corrected chi connectivity index (χ2v) is 6.16. The first-order chi connectivity index (χ1) is 11.5. The monoisotopic (exact) mass is 348 g/mol. The van der Waals surface area contributed by atoms with E-state index < -0.39 is 17.9 Å². The number of thiophene rings is 1. The molecule has 0 fully saturated rings. The molecule has 1 aliphatic rings. The lowest BCUT2D eigenvalue weighted by Crippen LogP contribution is -2.37. The fourth-order valence-electron chi connectivity index (χ4n) is 2.25. The third kappa shape index (κ3) is 3.50. The molecule has 0 unspecified atom stereocenters. The summed E-state index contributed by atoms with van der Waals surface area (Å²) in [6.45, 7) is 1.98. The Bertz CT molecular complexity index is 774. The van der Waals surface area contributed by atoms with Crippen molar-refractivity contribution < 1.29 is 24.2 Å². The van der Waals surface area contributed by atoms with Gasteiger partial charge in [-0.2, -0.15) is 0 Å². The molecular formula is C16H16N2O5S. The third-order valence-electron chi connectivity index (χ3n) is 3.50. The van der Waals surface area contributed by atoms with Crippen LogP contribution in [0.3, 0.4) is 0 Å². The quantitative estimate of drug-likeness (QED) is 0.729. The number of aryl methyl sites for hydroxylation is 1. The second kappa shape index (κ2) is 6.90. The lowest BCUT2D eigenvalue weighted by Gasteiger charge is -2.11. The molecule has 2 amide bonds. The molecule has 0 spiro atoms. The van der Waals surface area contributed by atoms with Gasteiger partial charge in [0.25, 0.3) is 0 Å². The van der Waals surface area contributed by atoms with Gasteiger partial charge in [-0.3, -0.25) is 9.59 Å². The zero-order valence-corrected chi connectivity index (χ0v) is 13.7. The van der Waals surface area contributed by atoms with Gasteiger partial charge in [-0.1, -0.05) is 0 Å². The van der Waals surface area contributed by atoms with Crippen molar-refractivity contribution in [3.8, 4) is 11.5 Å². The predicted octanol–water partition coefficient (Wildman–Crippen LogP) is 1.57. The summed E-state index contributed by atoms with van der Waals surface area (Å²) in [6, 6.07) is 6.73. The minimum Gasteiger partial charge on any atom is -0.454 e. The number of carbonyl (C=O) groups is 2. The molecule has 8 heteroatoms. The van der Waals surface area contributed by atoms with E-state index in [-0.39, 0.29) is 13.3 Å². The first-order valence-electron chi connectivity index (χ1n) is 7.25. The number of anilines is 1. The summed E-state index contributed by atoms with van der Waals surface area (Å²) < 4.78 is 10.4. The van der Waals surface area contributed by atoms with Gasteiger partial charge in [0.1, 0.15) is 6.10 Å². The highest BCUT2D eigenvalue weighted by Gasteiger charge is 2.19. The SMILES string of the molecule is Cc1ccsc1[C@@H](O)CNC(=O)C(=O)Nc1ccc2c(c1)OCO2. The van der Waals surface area contributed by atoms with E-state index >= 15 is 0 Å². The molecule has 0 bridgehead atoms. The van der Waals surface area contributed by atoms with Gasteiger partial charge in [0.2, 0.25) is 6.79 Å². The number of aliphatic hydroxyl groups excluding tert-OH is 1. The molecule has 1 aliphatic heterocycles. The van der Waals surface area contributed by atoms with Crippen molar-refractivity contribution in [1.82, 2.24) is 5.32 Å². The van der Waals surface area contributed by atoms with Gasteiger partial charge >= 0.3 is 11.8 Å². The fourth-order valence-corrected chi connectivity index (χ4v) is 3.16. The Kier molecular flexibility index (Phi) is 4.68. The van der Waals surface area contributed by atoms with Crippen molar-refractivity contribution in [2.24, 2.45) is 0 Å². The average Bonchev–Trinajstić information content (AvgIpc) is 3.20. The molecule has 3 N–H and O–H groups in total. The molecule has 2 aromatic rings. The Morgan fingerprint density at radius 2 is 2.04 bits per heavy atom. The van der Waals surface area contributed by atoms with Gasteiger partial charge in [-0.05, 0) is 36.1 Å². The van der Waals surface area contributed by atoms with E-state index in [1.54, 1.807) is 18.2 Å². The number of benzene rings is 1. The number of fused-ring (bicyclic) bond motifs is 1. The number of carbonyl (C=O) groups excluding carboxylic acids is 2. The number of hydrogen-bond acceptors (Lipinski definition) is 6. The molecular weight excluding hydrogens is 332 g/mol. The molecule has 3 rings (SSSR count). The van der Waals surface area contributed by atoms with Crippen LogP contribution in [0.2, 0.25) is 0 Å². The van der Waals surface area contributed by atoms with Crippen LogP contribution in [0.5, 0.6) is 11.5 Å². The van der Waals surface area contributed by atoms with Gasteiger partial charge in [-0.15, -0.1) is 11.3 Å². The smallest absolute Gasteiger partial charge is 0.313 e. The maximum Gasteiger partial charge on any atom is 0.313 e. The van der Waals surface area contributed by atoms with E-state index in [0.29, 0.717) is 17.2 Å². The summed E-state index contributed by atoms with van der Waals surface area (Å²) in [6.07, 6.45) is -0.840. The predicted molar refractivity (Wildman–Crippen MR) is 88.2 cm³/mol. The zero-order chi connectivity index (χ0) is 17.1. The van der Waals surface area contributed by atoms with Gasteiger partial charge in [-0.25, -0.2) is 0 Å². The molecule has 2 heterocycles. The number of rotatable bonds is 4. The Labute approximate surface area is 142 Å². The number of ether oxygens (including phenoxy) is 2. The maximum absolute atomic E-state index is 11.9. The average molecular weight is 348 g/mol. The lowest BCUT2D eigenvalue weighted by molar-refractivity contribution is -0.136. The minimum atomic E-state index is -0.840. The van der Waals surface area contributed by atoms with E-state index in [1.807, 2.05) is 18.4 Å². The summed E-state index contributed by atoms with van der Waals surface area (Å²) in [5, 5.41) is 16.8. The summed E-state index contributed by atoms with van der Waals surface area (Å²) in [5.74, 6) is -0.534. The summed E-state index contributed by atoms with van der Waals surface area (Å²) >= 11 is 1.40. The molecule has 1 atom stereocenters. The van der Waals surface area contributed by atoms with Crippen LogP contribution < -0.4 is 20.1 Å². The van der Waals surface area contributed by atoms with Crippen LogP contribution in [0, 0.1) is 6.92 Å². The van der Waals surface area contributed by atoms with E-state index in [1.165, 1.54) is 11.3 Å². The van der Waals surface area contributed by atoms with Crippen LogP contribution in [0.1, 0.15) is 16.5 Å². The molecule has 0 radical (unpaired) electrons. The van der Waals surface area contributed by atoms with Crippen molar-refractivity contribution in [2.75, 3.05) is 18.7 Å². The van der Waals surface area contributed by atoms with Crippen LogP contribution in [0.15, 0.2) is 29.6 Å². The number of hydrogen-bond donors (Lipinski definition) is 3. The third-order valence-corrected chi connectivity index (χ3v) is 4.62. The normalized spacial score (nSPS) is 13.4. The molecule has 1 aromatic heterocycles. The number of nitrogens with one attached hydrogen (secondary N) is 2. The summed E-state index contributed by atoms with van der Waals surface area (Å²) in [7, 11) is 0. The zero-order valence-electron chi connectivity index (χ0n) is 12.9. The topological polar surface area (TPSA) is 96.9 Å². The molecule has 0 saturated heterocycles. The Morgan fingerprint density at radius 1 is 1.25 bits per heavy atom. The van der Waals surface area contributed by atoms with Gasteiger partial charge in [0.05, 0.1) is 0 Å². The standard InChI is InChI=1S/C16H16N2O5S/c1-9-4-5-24-14(9)11(19)7-17-15(20)16(21)18-10-2-3-12-13(6-10)23-8-22-12/h2-6,11,19H,7-8H2,1H3,(H,17,20)(H,18,21)/t11-/m0/s1. The Balaban J connectivity index is 1.53. The van der Waals surface area contributed by atoms with E-state index in [9.17, 15) is 14.7 Å². The van der Waals surface area contributed by atoms with Gasteiger partial charge in [0.15, 0.2) is 11.5 Å². The first-order valence-corrected chi connectivity index (χ1v) is 8.13.